The fraction of sp³-hybridized carbons (Fsp3) is 0.357. The van der Waals surface area contributed by atoms with Crippen molar-refractivity contribution in [1.82, 2.24) is 10.3 Å². The van der Waals surface area contributed by atoms with Gasteiger partial charge < -0.3 is 20.4 Å². The minimum Gasteiger partial charge on any atom is -0.478 e. The van der Waals surface area contributed by atoms with Crippen LogP contribution in [0.2, 0.25) is 0 Å². The maximum absolute atomic E-state index is 9.55. The van der Waals surface area contributed by atoms with Crippen molar-refractivity contribution in [2.75, 3.05) is 24.5 Å². The number of aromatic nitrogens is 1. The molecule has 2 aliphatic heterocycles. The molecule has 0 bridgehead atoms. The highest BCUT2D eigenvalue weighted by molar-refractivity contribution is 5.89. The Morgan fingerprint density at radius 1 is 1.29 bits per heavy atom. The van der Waals surface area contributed by atoms with Crippen LogP contribution in [0.4, 0.5) is 5.69 Å². The third-order valence-corrected chi connectivity index (χ3v) is 3.48. The molecule has 112 valence electrons. The minimum atomic E-state index is -1.26. The Balaban J connectivity index is 0.000000177. The SMILES string of the molecule is O=C(O)C=CC(=O)O.c1cncc(N2C[C@H]3CNC[C@H]32)c1. The lowest BCUT2D eigenvalue weighted by molar-refractivity contribution is -0.134. The van der Waals surface area contributed by atoms with E-state index in [-0.39, 0.29) is 0 Å². The van der Waals surface area contributed by atoms with E-state index in [0.717, 1.165) is 18.5 Å². The second-order valence-corrected chi connectivity index (χ2v) is 4.86. The first-order valence-electron chi connectivity index (χ1n) is 6.59. The monoisotopic (exact) mass is 291 g/mol. The zero-order valence-corrected chi connectivity index (χ0v) is 11.3. The molecular formula is C14H17N3O4. The zero-order valence-electron chi connectivity index (χ0n) is 11.3. The molecule has 0 spiro atoms. The Hall–Kier alpha value is -2.41. The van der Waals surface area contributed by atoms with Crippen molar-refractivity contribution in [3.05, 3.63) is 36.7 Å². The molecule has 0 amide bonds. The van der Waals surface area contributed by atoms with Gasteiger partial charge in [-0.1, -0.05) is 0 Å². The maximum atomic E-state index is 9.55. The summed E-state index contributed by atoms with van der Waals surface area (Å²) in [6.45, 7) is 3.53. The number of nitrogens with zero attached hydrogens (tertiary/aromatic N) is 2. The quantitative estimate of drug-likeness (QED) is 0.684. The van der Waals surface area contributed by atoms with Gasteiger partial charge in [0.1, 0.15) is 0 Å². The van der Waals surface area contributed by atoms with Gasteiger partial charge in [0.15, 0.2) is 0 Å². The van der Waals surface area contributed by atoms with Gasteiger partial charge in [-0.15, -0.1) is 0 Å². The maximum Gasteiger partial charge on any atom is 0.328 e. The van der Waals surface area contributed by atoms with Crippen LogP contribution in [0.1, 0.15) is 0 Å². The van der Waals surface area contributed by atoms with Crippen LogP contribution in [0.3, 0.4) is 0 Å². The molecule has 0 aliphatic carbocycles. The number of pyridine rings is 1. The van der Waals surface area contributed by atoms with E-state index in [1.807, 2.05) is 18.5 Å². The van der Waals surface area contributed by atoms with Crippen LogP contribution in [0, 0.1) is 5.92 Å². The smallest absolute Gasteiger partial charge is 0.328 e. The van der Waals surface area contributed by atoms with E-state index in [0.29, 0.717) is 12.2 Å². The molecule has 3 N–H and O–H groups in total. The number of fused-ring (bicyclic) bond motifs is 1. The number of aliphatic carboxylic acids is 2. The molecule has 1 aromatic rings. The van der Waals surface area contributed by atoms with Gasteiger partial charge in [-0.25, -0.2) is 9.59 Å². The van der Waals surface area contributed by atoms with Crippen LogP contribution in [0.15, 0.2) is 36.7 Å². The molecule has 2 aliphatic rings. The highest BCUT2D eigenvalue weighted by Crippen LogP contribution is 2.32. The average molecular weight is 291 g/mol. The third kappa shape index (κ3) is 4.03. The highest BCUT2D eigenvalue weighted by atomic mass is 16.4. The first-order chi connectivity index (χ1) is 10.1. The van der Waals surface area contributed by atoms with Gasteiger partial charge in [-0.3, -0.25) is 4.98 Å². The Bertz CT molecular complexity index is 516. The summed E-state index contributed by atoms with van der Waals surface area (Å²) in [5, 5.41) is 19.0. The molecule has 3 heterocycles. The van der Waals surface area contributed by atoms with Gasteiger partial charge in [-0.05, 0) is 12.1 Å². The van der Waals surface area contributed by atoms with Crippen molar-refractivity contribution in [3.8, 4) is 0 Å². The van der Waals surface area contributed by atoms with E-state index in [4.69, 9.17) is 10.2 Å². The van der Waals surface area contributed by atoms with Crippen LogP contribution in [-0.4, -0.2) is 52.8 Å². The lowest BCUT2D eigenvalue weighted by Crippen LogP contribution is -2.55. The Morgan fingerprint density at radius 3 is 2.52 bits per heavy atom. The average Bonchev–Trinajstić information content (AvgIpc) is 2.80. The molecule has 21 heavy (non-hydrogen) atoms. The predicted octanol–water partition coefficient (Wildman–Crippen LogP) is 0.201. The third-order valence-electron chi connectivity index (χ3n) is 3.48. The topological polar surface area (TPSA) is 103 Å². The van der Waals surface area contributed by atoms with Gasteiger partial charge in [-0.2, -0.15) is 0 Å². The van der Waals surface area contributed by atoms with Crippen molar-refractivity contribution < 1.29 is 19.8 Å². The summed E-state index contributed by atoms with van der Waals surface area (Å²) in [5.74, 6) is -1.64. The molecule has 2 fully saturated rings. The Kier molecular flexibility index (Phi) is 4.89. The molecule has 1 aromatic heterocycles. The number of carbonyl (C=O) groups is 2. The van der Waals surface area contributed by atoms with Crippen LogP contribution in [-0.2, 0) is 9.59 Å². The predicted molar refractivity (Wildman–Crippen MR) is 76.1 cm³/mol. The van der Waals surface area contributed by atoms with Gasteiger partial charge in [0.25, 0.3) is 0 Å². The van der Waals surface area contributed by atoms with Crippen molar-refractivity contribution >= 4 is 17.6 Å². The van der Waals surface area contributed by atoms with Gasteiger partial charge in [0.2, 0.25) is 0 Å². The van der Waals surface area contributed by atoms with E-state index in [1.165, 1.54) is 18.8 Å². The lowest BCUT2D eigenvalue weighted by Gasteiger charge is -2.45. The van der Waals surface area contributed by atoms with Crippen LogP contribution >= 0.6 is 0 Å². The summed E-state index contributed by atoms with van der Waals surface area (Å²) in [6.07, 6.45) is 4.90. The number of hydrogen-bond acceptors (Lipinski definition) is 5. The molecular weight excluding hydrogens is 274 g/mol. The standard InChI is InChI=1S/C10H13N3.C4H4O4/c1-2-9(5-11-3-1)13-7-8-4-12-6-10(8)13;5-3(6)1-2-4(7)8/h1-3,5,8,10,12H,4,6-7H2;1-2H,(H,5,6)(H,7,8)/t8-,10-;/m1./s1. The summed E-state index contributed by atoms with van der Waals surface area (Å²) >= 11 is 0. The summed E-state index contributed by atoms with van der Waals surface area (Å²) in [6, 6.07) is 4.87. The normalized spacial score (nSPS) is 23.0. The second kappa shape index (κ2) is 6.85. The van der Waals surface area contributed by atoms with Gasteiger partial charge >= 0.3 is 11.9 Å². The molecule has 0 saturated carbocycles. The molecule has 0 aromatic carbocycles. The lowest BCUT2D eigenvalue weighted by atomic mass is 9.91. The van der Waals surface area contributed by atoms with Crippen LogP contribution in [0.25, 0.3) is 0 Å². The van der Waals surface area contributed by atoms with Crippen molar-refractivity contribution in [2.45, 2.75) is 6.04 Å². The minimum absolute atomic E-state index is 0.558. The van der Waals surface area contributed by atoms with E-state index >= 15 is 0 Å². The van der Waals surface area contributed by atoms with E-state index in [9.17, 15) is 9.59 Å². The summed E-state index contributed by atoms with van der Waals surface area (Å²) in [4.78, 5) is 25.7. The fourth-order valence-corrected chi connectivity index (χ4v) is 2.48. The fourth-order valence-electron chi connectivity index (χ4n) is 2.48. The number of carboxylic acid groups (broad SMARTS) is 2. The summed E-state index contributed by atoms with van der Waals surface area (Å²) in [5.41, 5.74) is 1.27. The molecule has 7 nitrogen and oxygen atoms in total. The summed E-state index contributed by atoms with van der Waals surface area (Å²) < 4.78 is 0. The molecule has 0 radical (unpaired) electrons. The number of anilines is 1. The van der Waals surface area contributed by atoms with E-state index in [1.54, 1.807) is 0 Å². The first-order valence-corrected chi connectivity index (χ1v) is 6.59. The number of carboxylic acids is 2. The van der Waals surface area contributed by atoms with Gasteiger partial charge in [0.05, 0.1) is 11.9 Å². The Morgan fingerprint density at radius 2 is 2.00 bits per heavy atom. The molecule has 0 unspecified atom stereocenters. The van der Waals surface area contributed by atoms with E-state index in [2.05, 4.69) is 21.3 Å². The van der Waals surface area contributed by atoms with Gasteiger partial charge in [0, 0.05) is 49.9 Å². The summed E-state index contributed by atoms with van der Waals surface area (Å²) in [7, 11) is 0. The Labute approximate surface area is 121 Å². The molecule has 2 saturated heterocycles. The van der Waals surface area contributed by atoms with Crippen molar-refractivity contribution in [2.24, 2.45) is 5.92 Å². The molecule has 7 heteroatoms. The number of hydrogen-bond donors (Lipinski definition) is 3. The first kappa shape index (κ1) is 15.0. The number of nitrogens with one attached hydrogen (secondary N) is 1. The highest BCUT2D eigenvalue weighted by Gasteiger charge is 2.41. The molecule has 2 atom stereocenters. The van der Waals surface area contributed by atoms with Crippen LogP contribution < -0.4 is 10.2 Å². The zero-order chi connectivity index (χ0) is 15.2. The molecule has 3 rings (SSSR count). The second-order valence-electron chi connectivity index (χ2n) is 4.86. The largest absolute Gasteiger partial charge is 0.478 e. The van der Waals surface area contributed by atoms with Crippen molar-refractivity contribution in [1.29, 1.82) is 0 Å². The van der Waals surface area contributed by atoms with E-state index < -0.39 is 11.9 Å². The van der Waals surface area contributed by atoms with Crippen molar-refractivity contribution in [3.63, 3.8) is 0 Å². The number of rotatable bonds is 3. The van der Waals surface area contributed by atoms with Crippen LogP contribution in [0.5, 0.6) is 0 Å².